The monoisotopic (exact) mass is 277 g/mol. The minimum Gasteiger partial charge on any atom is -0.354 e. The molecule has 0 aliphatic carbocycles. The van der Waals surface area contributed by atoms with Crippen molar-refractivity contribution in [3.05, 3.63) is 53.3 Å². The summed E-state index contributed by atoms with van der Waals surface area (Å²) in [5, 5.41) is 11.5. The average Bonchev–Trinajstić information content (AvgIpc) is 2.40. The Kier molecular flexibility index (Phi) is 3.61. The number of nitrogens with zero attached hydrogens (tertiary/aromatic N) is 2. The first kappa shape index (κ1) is 13.9. The lowest BCUT2D eigenvalue weighted by molar-refractivity contribution is -0.137. The summed E-state index contributed by atoms with van der Waals surface area (Å²) < 4.78 is 38.4. The van der Waals surface area contributed by atoms with E-state index in [9.17, 15) is 13.2 Å². The molecule has 0 unspecified atom stereocenters. The molecule has 1 N–H and O–H groups in total. The predicted molar refractivity (Wildman–Crippen MR) is 68.4 cm³/mol. The number of nitrogens with one attached hydrogen (secondary N) is 1. The number of alkyl halides is 3. The highest BCUT2D eigenvalue weighted by Gasteiger charge is 2.33. The third-order valence-corrected chi connectivity index (χ3v) is 2.65. The van der Waals surface area contributed by atoms with Crippen molar-refractivity contribution >= 4 is 11.4 Å². The number of benzene rings is 1. The van der Waals surface area contributed by atoms with Gasteiger partial charge in [0.05, 0.1) is 29.1 Å². The largest absolute Gasteiger partial charge is 0.417 e. The topological polar surface area (TPSA) is 48.7 Å². The number of hydrogen-bond donors (Lipinski definition) is 1. The Labute approximate surface area is 113 Å². The summed E-state index contributed by atoms with van der Waals surface area (Å²) >= 11 is 0. The molecular formula is C14H10F3N3. The van der Waals surface area contributed by atoms with Gasteiger partial charge in [0.1, 0.15) is 0 Å². The maximum Gasteiger partial charge on any atom is 0.417 e. The Morgan fingerprint density at radius 1 is 1.15 bits per heavy atom. The minimum absolute atomic E-state index is 0.252. The van der Waals surface area contributed by atoms with Gasteiger partial charge in [0.15, 0.2) is 0 Å². The van der Waals surface area contributed by atoms with Gasteiger partial charge in [-0.25, -0.2) is 0 Å². The average molecular weight is 277 g/mol. The van der Waals surface area contributed by atoms with Crippen LogP contribution in [-0.2, 0) is 6.18 Å². The van der Waals surface area contributed by atoms with Crippen LogP contribution in [0.3, 0.4) is 0 Å². The van der Waals surface area contributed by atoms with E-state index in [1.165, 1.54) is 12.3 Å². The lowest BCUT2D eigenvalue weighted by Gasteiger charge is -2.12. The Morgan fingerprint density at radius 3 is 2.40 bits per heavy atom. The molecule has 0 aliphatic rings. The van der Waals surface area contributed by atoms with Crippen LogP contribution in [0.4, 0.5) is 24.5 Å². The second-order valence-electron chi connectivity index (χ2n) is 4.18. The van der Waals surface area contributed by atoms with Crippen LogP contribution in [0.2, 0.25) is 0 Å². The summed E-state index contributed by atoms with van der Waals surface area (Å²) in [6, 6.07) is 8.49. The summed E-state index contributed by atoms with van der Waals surface area (Å²) in [7, 11) is 0. The number of aromatic nitrogens is 1. The van der Waals surface area contributed by atoms with Crippen LogP contribution in [0.15, 0.2) is 36.5 Å². The van der Waals surface area contributed by atoms with Crippen molar-refractivity contribution in [2.45, 2.75) is 13.1 Å². The van der Waals surface area contributed by atoms with E-state index in [2.05, 4.69) is 10.3 Å². The molecule has 1 aromatic heterocycles. The molecule has 0 bridgehead atoms. The van der Waals surface area contributed by atoms with Gasteiger partial charge in [0, 0.05) is 11.4 Å². The molecule has 0 fully saturated rings. The molecule has 0 atom stereocenters. The lowest BCUT2D eigenvalue weighted by atomic mass is 10.1. The fourth-order valence-electron chi connectivity index (χ4n) is 1.66. The molecule has 0 saturated carbocycles. The van der Waals surface area contributed by atoms with E-state index in [0.29, 0.717) is 5.69 Å². The molecule has 0 saturated heterocycles. The van der Waals surface area contributed by atoms with Crippen LogP contribution in [0.1, 0.15) is 16.8 Å². The number of nitriles is 1. The molecule has 0 spiro atoms. The molecule has 2 rings (SSSR count). The van der Waals surface area contributed by atoms with Crippen molar-refractivity contribution in [1.29, 1.82) is 5.26 Å². The smallest absolute Gasteiger partial charge is 0.354 e. The van der Waals surface area contributed by atoms with Gasteiger partial charge in [-0.3, -0.25) is 4.98 Å². The van der Waals surface area contributed by atoms with E-state index in [1.807, 2.05) is 6.92 Å². The summed E-state index contributed by atoms with van der Waals surface area (Å²) in [6.45, 7) is 1.81. The zero-order valence-corrected chi connectivity index (χ0v) is 10.5. The molecule has 20 heavy (non-hydrogen) atoms. The summed E-state index contributed by atoms with van der Waals surface area (Å²) in [5.74, 6) is 0. The van der Waals surface area contributed by atoms with Crippen LogP contribution in [0.5, 0.6) is 0 Å². The minimum atomic E-state index is -4.56. The first-order chi connectivity index (χ1) is 9.40. The molecule has 0 aliphatic heterocycles. The fourth-order valence-corrected chi connectivity index (χ4v) is 1.66. The Hall–Kier alpha value is -2.55. The first-order valence-corrected chi connectivity index (χ1v) is 5.71. The van der Waals surface area contributed by atoms with E-state index in [1.54, 1.807) is 18.2 Å². The standard InChI is InChI=1S/C14H10F3N3/c1-9-2-4-12(8-19-9)20-11-5-3-10(7-18)13(6-11)14(15,16)17/h2-6,8,20H,1H3. The zero-order chi connectivity index (χ0) is 14.8. The van der Waals surface area contributed by atoms with Crippen LogP contribution >= 0.6 is 0 Å². The molecule has 0 radical (unpaired) electrons. The second kappa shape index (κ2) is 5.21. The van der Waals surface area contributed by atoms with Crippen LogP contribution < -0.4 is 5.32 Å². The van der Waals surface area contributed by atoms with Gasteiger partial charge in [-0.1, -0.05) is 0 Å². The molecule has 0 amide bonds. The van der Waals surface area contributed by atoms with Gasteiger partial charge in [0.25, 0.3) is 0 Å². The third kappa shape index (κ3) is 3.06. The van der Waals surface area contributed by atoms with Gasteiger partial charge in [-0.2, -0.15) is 18.4 Å². The quantitative estimate of drug-likeness (QED) is 0.901. The molecule has 2 aromatic rings. The fraction of sp³-hybridized carbons (Fsp3) is 0.143. The number of rotatable bonds is 2. The number of pyridine rings is 1. The molecule has 102 valence electrons. The number of aryl methyl sites for hydroxylation is 1. The molecule has 6 heteroatoms. The van der Waals surface area contributed by atoms with E-state index < -0.39 is 17.3 Å². The highest BCUT2D eigenvalue weighted by atomic mass is 19.4. The maximum atomic E-state index is 12.8. The van der Waals surface area contributed by atoms with E-state index in [-0.39, 0.29) is 5.69 Å². The zero-order valence-electron chi connectivity index (χ0n) is 10.5. The summed E-state index contributed by atoms with van der Waals surface area (Å²) in [6.07, 6.45) is -3.03. The molecule has 3 nitrogen and oxygen atoms in total. The van der Waals surface area contributed by atoms with E-state index >= 15 is 0 Å². The van der Waals surface area contributed by atoms with Gasteiger partial charge in [0.2, 0.25) is 0 Å². The lowest BCUT2D eigenvalue weighted by Crippen LogP contribution is -2.08. The van der Waals surface area contributed by atoms with Crippen molar-refractivity contribution in [2.24, 2.45) is 0 Å². The molecule has 1 heterocycles. The van der Waals surface area contributed by atoms with Crippen molar-refractivity contribution in [3.63, 3.8) is 0 Å². The van der Waals surface area contributed by atoms with Gasteiger partial charge >= 0.3 is 6.18 Å². The highest BCUT2D eigenvalue weighted by molar-refractivity contribution is 5.61. The first-order valence-electron chi connectivity index (χ1n) is 5.71. The summed E-state index contributed by atoms with van der Waals surface area (Å²) in [5.41, 5.74) is 0.289. The van der Waals surface area contributed by atoms with Gasteiger partial charge in [-0.05, 0) is 37.3 Å². The Morgan fingerprint density at radius 2 is 1.85 bits per heavy atom. The van der Waals surface area contributed by atoms with Crippen molar-refractivity contribution < 1.29 is 13.2 Å². The number of halogens is 3. The Balaban J connectivity index is 2.34. The van der Waals surface area contributed by atoms with Crippen molar-refractivity contribution in [1.82, 2.24) is 4.98 Å². The van der Waals surface area contributed by atoms with Crippen molar-refractivity contribution in [3.8, 4) is 6.07 Å². The summed E-state index contributed by atoms with van der Waals surface area (Å²) in [4.78, 5) is 4.04. The number of hydrogen-bond acceptors (Lipinski definition) is 3. The normalized spacial score (nSPS) is 10.9. The van der Waals surface area contributed by atoms with E-state index in [4.69, 9.17) is 5.26 Å². The number of anilines is 2. The predicted octanol–water partition coefficient (Wildman–Crippen LogP) is 4.02. The van der Waals surface area contributed by atoms with Crippen molar-refractivity contribution in [2.75, 3.05) is 5.32 Å². The second-order valence-corrected chi connectivity index (χ2v) is 4.18. The van der Waals surface area contributed by atoms with Crippen LogP contribution in [0, 0.1) is 18.3 Å². The maximum absolute atomic E-state index is 12.8. The highest BCUT2D eigenvalue weighted by Crippen LogP contribution is 2.34. The van der Waals surface area contributed by atoms with Gasteiger partial charge in [-0.15, -0.1) is 0 Å². The van der Waals surface area contributed by atoms with Crippen LogP contribution in [-0.4, -0.2) is 4.98 Å². The molecule has 1 aromatic carbocycles. The van der Waals surface area contributed by atoms with Gasteiger partial charge < -0.3 is 5.32 Å². The molecular weight excluding hydrogens is 267 g/mol. The Bertz CT molecular complexity index is 655. The van der Waals surface area contributed by atoms with E-state index in [0.717, 1.165) is 17.8 Å². The third-order valence-electron chi connectivity index (χ3n) is 2.65. The van der Waals surface area contributed by atoms with Crippen LogP contribution in [0.25, 0.3) is 0 Å². The SMILES string of the molecule is Cc1ccc(Nc2ccc(C#N)c(C(F)(F)F)c2)cn1.